The number of aryl methyl sites for hydroxylation is 1. The first-order valence-corrected chi connectivity index (χ1v) is 9.53. The first kappa shape index (κ1) is 19.1. The second-order valence-corrected chi connectivity index (χ2v) is 7.50. The van der Waals surface area contributed by atoms with Gasteiger partial charge in [-0.15, -0.1) is 0 Å². The summed E-state index contributed by atoms with van der Waals surface area (Å²) in [6, 6.07) is 7.51. The zero-order valence-corrected chi connectivity index (χ0v) is 16.2. The Kier molecular flexibility index (Phi) is 5.63. The summed E-state index contributed by atoms with van der Waals surface area (Å²) in [4.78, 5) is 25.5. The number of nitrogens with zero attached hydrogens (tertiary/aromatic N) is 3. The van der Waals surface area contributed by atoms with E-state index in [9.17, 15) is 9.59 Å². The van der Waals surface area contributed by atoms with Crippen molar-refractivity contribution in [3.05, 3.63) is 46.8 Å². The Bertz CT molecular complexity index is 839. The van der Waals surface area contributed by atoms with Gasteiger partial charge in [0.25, 0.3) is 5.91 Å². The predicted molar refractivity (Wildman–Crippen MR) is 103 cm³/mol. The molecule has 1 aromatic heterocycles. The number of hydrogen-bond donors (Lipinski definition) is 1. The Balaban J connectivity index is 1.78. The summed E-state index contributed by atoms with van der Waals surface area (Å²) in [6.45, 7) is 7.69. The summed E-state index contributed by atoms with van der Waals surface area (Å²) in [7, 11) is 0. The van der Waals surface area contributed by atoms with Crippen LogP contribution >= 0.6 is 0 Å². The van der Waals surface area contributed by atoms with E-state index in [1.54, 1.807) is 0 Å². The molecule has 6 nitrogen and oxygen atoms in total. The minimum absolute atomic E-state index is 0.0867. The molecule has 1 atom stereocenters. The lowest BCUT2D eigenvalue weighted by Gasteiger charge is -2.31. The van der Waals surface area contributed by atoms with Crippen molar-refractivity contribution in [3.8, 4) is 5.69 Å². The van der Waals surface area contributed by atoms with E-state index < -0.39 is 5.97 Å². The van der Waals surface area contributed by atoms with Crippen molar-refractivity contribution in [3.63, 3.8) is 0 Å². The molecule has 2 heterocycles. The largest absolute Gasteiger partial charge is 0.481 e. The molecule has 0 spiro atoms. The Labute approximate surface area is 159 Å². The standard InChI is InChI=1S/C21H27N3O3/c1-14-5-4-12-23(13-14)21(27)17-6-8-18(9-7-17)24-16(3)19(15(2)22-24)10-11-20(25)26/h6-9,14H,4-5,10-13H2,1-3H3,(H,25,26). The fraction of sp³-hybridized carbons (Fsp3) is 0.476. The SMILES string of the molecule is Cc1nn(-c2ccc(C(=O)N3CCCC(C)C3)cc2)c(C)c1CCC(=O)O. The van der Waals surface area contributed by atoms with Crippen molar-refractivity contribution in [2.75, 3.05) is 13.1 Å². The van der Waals surface area contributed by atoms with E-state index in [2.05, 4.69) is 12.0 Å². The molecule has 1 aromatic carbocycles. The van der Waals surface area contributed by atoms with Gasteiger partial charge in [-0.2, -0.15) is 5.10 Å². The van der Waals surface area contributed by atoms with Gasteiger partial charge in [-0.3, -0.25) is 9.59 Å². The maximum atomic E-state index is 12.7. The highest BCUT2D eigenvalue weighted by Crippen LogP contribution is 2.21. The molecular formula is C21H27N3O3. The summed E-state index contributed by atoms with van der Waals surface area (Å²) in [5.74, 6) is -0.166. The van der Waals surface area contributed by atoms with Crippen LogP contribution < -0.4 is 0 Å². The quantitative estimate of drug-likeness (QED) is 0.877. The molecule has 0 saturated carbocycles. The lowest BCUT2D eigenvalue weighted by molar-refractivity contribution is -0.136. The van der Waals surface area contributed by atoms with E-state index >= 15 is 0 Å². The highest BCUT2D eigenvalue weighted by molar-refractivity contribution is 5.94. The molecule has 1 aliphatic rings. The number of aliphatic carboxylic acids is 1. The first-order valence-electron chi connectivity index (χ1n) is 9.53. The third-order valence-corrected chi connectivity index (χ3v) is 5.33. The molecule has 0 bridgehead atoms. The second kappa shape index (κ2) is 7.94. The summed E-state index contributed by atoms with van der Waals surface area (Å²) in [5, 5.41) is 13.5. The smallest absolute Gasteiger partial charge is 0.303 e. The average Bonchev–Trinajstić information content (AvgIpc) is 2.93. The van der Waals surface area contributed by atoms with E-state index in [1.165, 1.54) is 6.42 Å². The Hall–Kier alpha value is -2.63. The van der Waals surface area contributed by atoms with Crippen LogP contribution in [0.4, 0.5) is 0 Å². The van der Waals surface area contributed by atoms with E-state index in [4.69, 9.17) is 5.11 Å². The summed E-state index contributed by atoms with van der Waals surface area (Å²) < 4.78 is 1.82. The van der Waals surface area contributed by atoms with Crippen LogP contribution in [0.1, 0.15) is 53.5 Å². The molecule has 1 unspecified atom stereocenters. The lowest BCUT2D eigenvalue weighted by Crippen LogP contribution is -2.39. The minimum atomic E-state index is -0.809. The predicted octanol–water partition coefficient (Wildman–Crippen LogP) is 3.38. The van der Waals surface area contributed by atoms with Gasteiger partial charge in [-0.1, -0.05) is 6.92 Å². The summed E-state index contributed by atoms with van der Waals surface area (Å²) in [5.41, 5.74) is 4.33. The molecule has 1 saturated heterocycles. The van der Waals surface area contributed by atoms with Crippen LogP contribution in [0.15, 0.2) is 24.3 Å². The second-order valence-electron chi connectivity index (χ2n) is 7.50. The van der Waals surface area contributed by atoms with Crippen molar-refractivity contribution < 1.29 is 14.7 Å². The maximum absolute atomic E-state index is 12.7. The molecule has 3 rings (SSSR count). The molecule has 0 radical (unpaired) electrons. The lowest BCUT2D eigenvalue weighted by atomic mass is 9.99. The molecule has 2 aromatic rings. The first-order chi connectivity index (χ1) is 12.9. The number of likely N-dealkylation sites (tertiary alicyclic amines) is 1. The van der Waals surface area contributed by atoms with Crippen molar-refractivity contribution in [1.29, 1.82) is 0 Å². The fourth-order valence-electron chi connectivity index (χ4n) is 3.82. The van der Waals surface area contributed by atoms with Gasteiger partial charge in [0.15, 0.2) is 0 Å². The van der Waals surface area contributed by atoms with Crippen LogP contribution in [-0.4, -0.2) is 44.8 Å². The van der Waals surface area contributed by atoms with E-state index in [-0.39, 0.29) is 12.3 Å². The molecule has 0 aliphatic carbocycles. The minimum Gasteiger partial charge on any atom is -0.481 e. The Morgan fingerprint density at radius 2 is 1.93 bits per heavy atom. The zero-order valence-electron chi connectivity index (χ0n) is 16.2. The monoisotopic (exact) mass is 369 g/mol. The number of carbonyl (C=O) groups excluding carboxylic acids is 1. The van der Waals surface area contributed by atoms with Crippen molar-refractivity contribution in [2.24, 2.45) is 5.92 Å². The van der Waals surface area contributed by atoms with Crippen LogP contribution in [0.5, 0.6) is 0 Å². The van der Waals surface area contributed by atoms with E-state index in [0.29, 0.717) is 17.9 Å². The number of carboxylic acids is 1. The van der Waals surface area contributed by atoms with Gasteiger partial charge in [0, 0.05) is 30.8 Å². The topological polar surface area (TPSA) is 75.4 Å². The molecule has 6 heteroatoms. The highest BCUT2D eigenvalue weighted by Gasteiger charge is 2.22. The van der Waals surface area contributed by atoms with Crippen molar-refractivity contribution in [2.45, 2.75) is 46.5 Å². The number of benzene rings is 1. The normalized spacial score (nSPS) is 17.1. The highest BCUT2D eigenvalue weighted by atomic mass is 16.4. The number of amides is 1. The maximum Gasteiger partial charge on any atom is 0.303 e. The summed E-state index contributed by atoms with van der Waals surface area (Å²) in [6.07, 6.45) is 2.81. The molecule has 1 N–H and O–H groups in total. The number of hydrogen-bond acceptors (Lipinski definition) is 3. The van der Waals surface area contributed by atoms with E-state index in [1.807, 2.05) is 47.7 Å². The number of aromatic nitrogens is 2. The average molecular weight is 369 g/mol. The van der Waals surface area contributed by atoms with Gasteiger partial charge in [0.05, 0.1) is 11.4 Å². The zero-order chi connectivity index (χ0) is 19.6. The fourth-order valence-corrected chi connectivity index (χ4v) is 3.82. The van der Waals surface area contributed by atoms with Gasteiger partial charge in [-0.05, 0) is 68.9 Å². The van der Waals surface area contributed by atoms with Crippen molar-refractivity contribution >= 4 is 11.9 Å². The number of piperidine rings is 1. The Morgan fingerprint density at radius 1 is 1.22 bits per heavy atom. The van der Waals surface area contributed by atoms with Gasteiger partial charge in [-0.25, -0.2) is 4.68 Å². The van der Waals surface area contributed by atoms with Crippen LogP contribution in [0, 0.1) is 19.8 Å². The number of carbonyl (C=O) groups is 2. The molecule has 27 heavy (non-hydrogen) atoms. The molecule has 1 amide bonds. The molecular weight excluding hydrogens is 342 g/mol. The number of rotatable bonds is 5. The third-order valence-electron chi connectivity index (χ3n) is 5.33. The van der Waals surface area contributed by atoms with Gasteiger partial charge < -0.3 is 10.0 Å². The van der Waals surface area contributed by atoms with Gasteiger partial charge in [0.1, 0.15) is 0 Å². The molecule has 1 fully saturated rings. The summed E-state index contributed by atoms with van der Waals surface area (Å²) >= 11 is 0. The Morgan fingerprint density at radius 3 is 2.56 bits per heavy atom. The van der Waals surface area contributed by atoms with Crippen LogP contribution in [-0.2, 0) is 11.2 Å². The third kappa shape index (κ3) is 4.21. The number of carboxylic acid groups (broad SMARTS) is 1. The van der Waals surface area contributed by atoms with Gasteiger partial charge >= 0.3 is 5.97 Å². The van der Waals surface area contributed by atoms with Crippen LogP contribution in [0.25, 0.3) is 5.69 Å². The molecule has 1 aliphatic heterocycles. The van der Waals surface area contributed by atoms with Crippen molar-refractivity contribution in [1.82, 2.24) is 14.7 Å². The van der Waals surface area contributed by atoms with Gasteiger partial charge in [0.2, 0.25) is 0 Å². The van der Waals surface area contributed by atoms with Crippen LogP contribution in [0.2, 0.25) is 0 Å². The van der Waals surface area contributed by atoms with Crippen LogP contribution in [0.3, 0.4) is 0 Å². The van der Waals surface area contributed by atoms with E-state index in [0.717, 1.165) is 42.1 Å². The molecule has 144 valence electrons.